The number of rotatable bonds is 3. The van der Waals surface area contributed by atoms with Crippen molar-refractivity contribution in [2.45, 2.75) is 19.2 Å². The number of nitrogens with zero attached hydrogens (tertiary/aromatic N) is 2. The van der Waals surface area contributed by atoms with Gasteiger partial charge in [-0.05, 0) is 0 Å². The van der Waals surface area contributed by atoms with Crippen LogP contribution in [0.5, 0.6) is 0 Å². The summed E-state index contributed by atoms with van der Waals surface area (Å²) < 4.78 is 0. The van der Waals surface area contributed by atoms with Crippen LogP contribution in [0.4, 0.5) is 0 Å². The Morgan fingerprint density at radius 2 is 1.31 bits per heavy atom. The summed E-state index contributed by atoms with van der Waals surface area (Å²) in [6.07, 6.45) is 0.771. The highest BCUT2D eigenvalue weighted by Crippen LogP contribution is 2.22. The van der Waals surface area contributed by atoms with E-state index in [0.717, 1.165) is 58.8 Å². The summed E-state index contributed by atoms with van der Waals surface area (Å²) in [5.41, 5.74) is 0. The van der Waals surface area contributed by atoms with E-state index in [9.17, 15) is 5.11 Å². The number of piperazine rings is 2. The van der Waals surface area contributed by atoms with Gasteiger partial charge < -0.3 is 15.7 Å². The average molecular weight is 228 g/mol. The fourth-order valence-electron chi connectivity index (χ4n) is 2.69. The molecule has 0 aromatic heterocycles. The van der Waals surface area contributed by atoms with E-state index in [4.69, 9.17) is 0 Å². The normalized spacial score (nSPS) is 25.9. The van der Waals surface area contributed by atoms with Crippen molar-refractivity contribution in [1.29, 1.82) is 0 Å². The van der Waals surface area contributed by atoms with Gasteiger partial charge in [0.25, 0.3) is 0 Å². The van der Waals surface area contributed by atoms with Gasteiger partial charge >= 0.3 is 0 Å². The molecule has 0 aromatic rings. The zero-order valence-electron chi connectivity index (χ0n) is 10.2. The van der Waals surface area contributed by atoms with Crippen molar-refractivity contribution in [3.63, 3.8) is 0 Å². The van der Waals surface area contributed by atoms with Gasteiger partial charge in [-0.1, -0.05) is 6.92 Å². The summed E-state index contributed by atoms with van der Waals surface area (Å²) in [5.74, 6) is -0.732. The lowest BCUT2D eigenvalue weighted by atomic mass is 10.1. The fraction of sp³-hybridized carbons (Fsp3) is 1.00. The van der Waals surface area contributed by atoms with Crippen molar-refractivity contribution in [3.05, 3.63) is 0 Å². The molecule has 2 aliphatic rings. The molecule has 0 aromatic carbocycles. The molecule has 5 heteroatoms. The lowest BCUT2D eigenvalue weighted by Crippen LogP contribution is -2.67. The third kappa shape index (κ3) is 2.38. The molecule has 2 saturated heterocycles. The van der Waals surface area contributed by atoms with Gasteiger partial charge in [0.15, 0.2) is 5.85 Å². The number of hydrogen-bond acceptors (Lipinski definition) is 5. The van der Waals surface area contributed by atoms with Crippen molar-refractivity contribution in [3.8, 4) is 0 Å². The summed E-state index contributed by atoms with van der Waals surface area (Å²) in [6, 6.07) is 0. The quantitative estimate of drug-likeness (QED) is 0.570. The second kappa shape index (κ2) is 5.42. The first-order valence-corrected chi connectivity index (χ1v) is 6.41. The summed E-state index contributed by atoms with van der Waals surface area (Å²) in [7, 11) is 0. The zero-order valence-corrected chi connectivity index (χ0v) is 10.2. The summed E-state index contributed by atoms with van der Waals surface area (Å²) in [4.78, 5) is 4.43. The molecule has 0 spiro atoms. The van der Waals surface area contributed by atoms with E-state index >= 15 is 0 Å². The number of nitrogens with one attached hydrogen (secondary N) is 2. The molecule has 0 bridgehead atoms. The number of aliphatic hydroxyl groups is 1. The van der Waals surface area contributed by atoms with Crippen LogP contribution >= 0.6 is 0 Å². The van der Waals surface area contributed by atoms with Gasteiger partial charge in [0.2, 0.25) is 0 Å². The molecule has 0 aliphatic carbocycles. The Labute approximate surface area is 97.8 Å². The fourth-order valence-corrected chi connectivity index (χ4v) is 2.69. The molecule has 0 saturated carbocycles. The first-order chi connectivity index (χ1) is 7.77. The zero-order chi connectivity index (χ0) is 11.4. The van der Waals surface area contributed by atoms with Crippen LogP contribution in [0.25, 0.3) is 0 Å². The van der Waals surface area contributed by atoms with E-state index in [0.29, 0.717) is 0 Å². The molecule has 16 heavy (non-hydrogen) atoms. The Morgan fingerprint density at radius 1 is 0.938 bits per heavy atom. The van der Waals surface area contributed by atoms with Gasteiger partial charge in [0.05, 0.1) is 0 Å². The second-order valence-corrected chi connectivity index (χ2v) is 4.60. The second-order valence-electron chi connectivity index (χ2n) is 4.60. The van der Waals surface area contributed by atoms with E-state index in [-0.39, 0.29) is 0 Å². The topological polar surface area (TPSA) is 50.8 Å². The minimum absolute atomic E-state index is 0.732. The van der Waals surface area contributed by atoms with Crippen molar-refractivity contribution < 1.29 is 5.11 Å². The molecule has 0 atom stereocenters. The lowest BCUT2D eigenvalue weighted by Gasteiger charge is -2.49. The average Bonchev–Trinajstić information content (AvgIpc) is 2.40. The lowest BCUT2D eigenvalue weighted by molar-refractivity contribution is -0.223. The largest absolute Gasteiger partial charge is 0.363 e. The van der Waals surface area contributed by atoms with Crippen LogP contribution in [0.15, 0.2) is 0 Å². The standard InChI is InChI=1S/C11H24N4O/c1-2-11(16,14-7-3-12-4-8-14)15-9-5-13-6-10-15/h12-13,16H,2-10H2,1H3. The molecular formula is C11H24N4O. The van der Waals surface area contributed by atoms with Crippen molar-refractivity contribution >= 4 is 0 Å². The van der Waals surface area contributed by atoms with Gasteiger partial charge in [-0.2, -0.15) is 0 Å². The van der Waals surface area contributed by atoms with Gasteiger partial charge in [-0.25, -0.2) is 0 Å². The van der Waals surface area contributed by atoms with Gasteiger partial charge in [-0.3, -0.25) is 9.80 Å². The third-order valence-corrected chi connectivity index (χ3v) is 3.72. The van der Waals surface area contributed by atoms with Crippen LogP contribution in [-0.2, 0) is 0 Å². The smallest absolute Gasteiger partial charge is 0.176 e. The van der Waals surface area contributed by atoms with Crippen LogP contribution in [0.2, 0.25) is 0 Å². The Balaban J connectivity index is 2.03. The van der Waals surface area contributed by atoms with Gasteiger partial charge in [0, 0.05) is 58.8 Å². The molecule has 2 aliphatic heterocycles. The molecule has 2 rings (SSSR count). The maximum absolute atomic E-state index is 10.9. The van der Waals surface area contributed by atoms with Crippen LogP contribution in [0, 0.1) is 0 Å². The molecule has 5 nitrogen and oxygen atoms in total. The Morgan fingerprint density at radius 3 is 1.62 bits per heavy atom. The van der Waals surface area contributed by atoms with Crippen LogP contribution in [-0.4, -0.2) is 73.1 Å². The highest BCUT2D eigenvalue weighted by Gasteiger charge is 2.39. The molecule has 0 unspecified atom stereocenters. The highest BCUT2D eigenvalue weighted by atomic mass is 16.3. The first-order valence-electron chi connectivity index (χ1n) is 6.41. The predicted octanol–water partition coefficient (Wildman–Crippen LogP) is -1.15. The van der Waals surface area contributed by atoms with Gasteiger partial charge in [0.1, 0.15) is 0 Å². The summed E-state index contributed by atoms with van der Waals surface area (Å²) in [6.45, 7) is 9.75. The predicted molar refractivity (Wildman–Crippen MR) is 64.1 cm³/mol. The van der Waals surface area contributed by atoms with E-state index < -0.39 is 5.85 Å². The molecule has 3 N–H and O–H groups in total. The van der Waals surface area contributed by atoms with Gasteiger partial charge in [-0.15, -0.1) is 0 Å². The third-order valence-electron chi connectivity index (χ3n) is 3.72. The first kappa shape index (κ1) is 12.3. The van der Waals surface area contributed by atoms with Crippen LogP contribution in [0.3, 0.4) is 0 Å². The minimum atomic E-state index is -0.732. The molecule has 2 heterocycles. The molecule has 0 radical (unpaired) electrons. The minimum Gasteiger partial charge on any atom is -0.363 e. The SMILES string of the molecule is CCC(O)(N1CCNCC1)N1CCNCC1. The monoisotopic (exact) mass is 228 g/mol. The molecule has 0 amide bonds. The van der Waals surface area contributed by atoms with E-state index in [2.05, 4.69) is 27.4 Å². The van der Waals surface area contributed by atoms with Crippen LogP contribution < -0.4 is 10.6 Å². The highest BCUT2D eigenvalue weighted by molar-refractivity contribution is 4.85. The Kier molecular flexibility index (Phi) is 4.16. The molecular weight excluding hydrogens is 204 g/mol. The summed E-state index contributed by atoms with van der Waals surface area (Å²) in [5, 5.41) is 17.5. The van der Waals surface area contributed by atoms with E-state index in [1.165, 1.54) is 0 Å². The maximum Gasteiger partial charge on any atom is 0.176 e. The molecule has 94 valence electrons. The van der Waals surface area contributed by atoms with Crippen molar-refractivity contribution in [2.75, 3.05) is 52.4 Å². The van der Waals surface area contributed by atoms with Crippen molar-refractivity contribution in [2.24, 2.45) is 0 Å². The molecule has 2 fully saturated rings. The van der Waals surface area contributed by atoms with E-state index in [1.807, 2.05) is 0 Å². The number of hydrogen-bond donors (Lipinski definition) is 3. The maximum atomic E-state index is 10.9. The van der Waals surface area contributed by atoms with Crippen molar-refractivity contribution in [1.82, 2.24) is 20.4 Å². The Bertz CT molecular complexity index is 194. The Hall–Kier alpha value is -0.200. The summed E-state index contributed by atoms with van der Waals surface area (Å²) >= 11 is 0. The van der Waals surface area contributed by atoms with E-state index in [1.54, 1.807) is 0 Å². The van der Waals surface area contributed by atoms with Crippen LogP contribution in [0.1, 0.15) is 13.3 Å².